The Labute approximate surface area is 120 Å². The Bertz CT molecular complexity index is 580. The van der Waals surface area contributed by atoms with Gasteiger partial charge in [0.2, 0.25) is 5.88 Å². The van der Waals surface area contributed by atoms with E-state index in [4.69, 9.17) is 4.74 Å². The van der Waals surface area contributed by atoms with Gasteiger partial charge < -0.3 is 10.1 Å². The lowest BCUT2D eigenvalue weighted by Gasteiger charge is -2.31. The van der Waals surface area contributed by atoms with Gasteiger partial charge in [-0.25, -0.2) is 4.98 Å². The molecule has 1 aliphatic carbocycles. The second-order valence-corrected chi connectivity index (χ2v) is 5.39. The third-order valence-electron chi connectivity index (χ3n) is 4.08. The number of hydrogen-bond donors (Lipinski definition) is 1. The molecule has 1 aliphatic rings. The molecule has 3 heteroatoms. The summed E-state index contributed by atoms with van der Waals surface area (Å²) in [6.45, 7) is 2.31. The Morgan fingerprint density at radius 1 is 1.10 bits per heavy atom. The summed E-state index contributed by atoms with van der Waals surface area (Å²) < 4.78 is 5.09. The quantitative estimate of drug-likeness (QED) is 0.908. The second-order valence-electron chi connectivity index (χ2n) is 5.39. The number of benzene rings is 1. The van der Waals surface area contributed by atoms with Crippen LogP contribution in [0.5, 0.6) is 5.88 Å². The highest BCUT2D eigenvalue weighted by Gasteiger charge is 2.24. The van der Waals surface area contributed by atoms with Crippen molar-refractivity contribution < 1.29 is 4.74 Å². The number of anilines is 1. The maximum Gasteiger partial charge on any atom is 0.213 e. The minimum atomic E-state index is 0.373. The molecule has 0 fully saturated rings. The molecule has 0 spiro atoms. The summed E-state index contributed by atoms with van der Waals surface area (Å²) in [5, 5.41) is 3.59. The van der Waals surface area contributed by atoms with Crippen molar-refractivity contribution in [2.24, 2.45) is 0 Å². The third-order valence-corrected chi connectivity index (χ3v) is 4.08. The number of nitrogens with zero attached hydrogens (tertiary/aromatic N) is 1. The molecule has 1 heterocycles. The number of fused-ring (bicyclic) bond motifs is 1. The van der Waals surface area contributed by atoms with Gasteiger partial charge in [0, 0.05) is 6.07 Å². The van der Waals surface area contributed by atoms with Crippen molar-refractivity contribution in [3.05, 3.63) is 53.7 Å². The van der Waals surface area contributed by atoms with Crippen LogP contribution < -0.4 is 10.1 Å². The summed E-state index contributed by atoms with van der Waals surface area (Å²) >= 11 is 0. The van der Waals surface area contributed by atoms with E-state index < -0.39 is 0 Å². The van der Waals surface area contributed by atoms with Crippen LogP contribution in [0.25, 0.3) is 0 Å². The fraction of sp³-hybridized carbons (Fsp3) is 0.353. The highest BCUT2D eigenvalue weighted by molar-refractivity contribution is 5.47. The number of hydrogen-bond acceptors (Lipinski definition) is 3. The van der Waals surface area contributed by atoms with E-state index in [9.17, 15) is 0 Å². The highest BCUT2D eigenvalue weighted by Crippen LogP contribution is 2.38. The molecule has 1 aromatic heterocycles. The first kappa shape index (κ1) is 13.0. The van der Waals surface area contributed by atoms with Crippen molar-refractivity contribution in [2.45, 2.75) is 31.7 Å². The van der Waals surface area contributed by atoms with E-state index in [-0.39, 0.29) is 0 Å². The molecular weight excluding hydrogens is 248 g/mol. The summed E-state index contributed by atoms with van der Waals surface area (Å²) in [4.78, 5) is 4.25. The number of ether oxygens (including phenoxy) is 1. The first-order valence-corrected chi connectivity index (χ1v) is 7.13. The van der Waals surface area contributed by atoms with Crippen LogP contribution in [0.2, 0.25) is 0 Å². The van der Waals surface area contributed by atoms with Crippen molar-refractivity contribution in [1.29, 1.82) is 0 Å². The Morgan fingerprint density at radius 2 is 1.90 bits per heavy atom. The van der Waals surface area contributed by atoms with Crippen molar-refractivity contribution >= 4 is 5.69 Å². The van der Waals surface area contributed by atoms with Crippen LogP contribution in [0.15, 0.2) is 42.6 Å². The normalized spacial score (nSPS) is 21.1. The molecule has 0 saturated carbocycles. The summed E-state index contributed by atoms with van der Waals surface area (Å²) in [6, 6.07) is 13.0. The lowest BCUT2D eigenvalue weighted by Crippen LogP contribution is -2.19. The Balaban J connectivity index is 1.82. The molecule has 2 unspecified atom stereocenters. The van der Waals surface area contributed by atoms with E-state index in [1.54, 1.807) is 7.11 Å². The zero-order chi connectivity index (χ0) is 13.9. The van der Waals surface area contributed by atoms with Gasteiger partial charge in [-0.15, -0.1) is 0 Å². The second kappa shape index (κ2) is 5.53. The lowest BCUT2D eigenvalue weighted by molar-refractivity contribution is 0.398. The molecule has 2 aromatic rings. The molecule has 2 atom stereocenters. The van der Waals surface area contributed by atoms with Gasteiger partial charge in [-0.05, 0) is 36.0 Å². The van der Waals surface area contributed by atoms with Crippen LogP contribution in [0.4, 0.5) is 5.69 Å². The molecule has 3 rings (SSSR count). The van der Waals surface area contributed by atoms with E-state index in [2.05, 4.69) is 41.5 Å². The SMILES string of the molecule is COc1ccc(NC2CCC(C)c3ccccc32)cn1. The fourth-order valence-corrected chi connectivity index (χ4v) is 2.94. The van der Waals surface area contributed by atoms with Crippen LogP contribution in [-0.2, 0) is 0 Å². The van der Waals surface area contributed by atoms with Gasteiger partial charge >= 0.3 is 0 Å². The minimum absolute atomic E-state index is 0.373. The van der Waals surface area contributed by atoms with E-state index in [0.717, 1.165) is 12.1 Å². The summed E-state index contributed by atoms with van der Waals surface area (Å²) in [5.74, 6) is 1.30. The topological polar surface area (TPSA) is 34.1 Å². The predicted molar refractivity (Wildman–Crippen MR) is 81.2 cm³/mol. The van der Waals surface area contributed by atoms with Crippen molar-refractivity contribution in [3.63, 3.8) is 0 Å². The molecule has 1 N–H and O–H groups in total. The van der Waals surface area contributed by atoms with Gasteiger partial charge in [-0.1, -0.05) is 31.2 Å². The monoisotopic (exact) mass is 268 g/mol. The number of nitrogens with one attached hydrogen (secondary N) is 1. The average Bonchev–Trinajstić information content (AvgIpc) is 2.51. The van der Waals surface area contributed by atoms with Crippen LogP contribution >= 0.6 is 0 Å². The minimum Gasteiger partial charge on any atom is -0.481 e. The predicted octanol–water partition coefficient (Wildman–Crippen LogP) is 4.14. The highest BCUT2D eigenvalue weighted by atomic mass is 16.5. The van der Waals surface area contributed by atoms with Crippen LogP contribution in [-0.4, -0.2) is 12.1 Å². The van der Waals surface area contributed by atoms with Crippen molar-refractivity contribution in [2.75, 3.05) is 12.4 Å². The van der Waals surface area contributed by atoms with Gasteiger partial charge in [0.15, 0.2) is 0 Å². The molecule has 3 nitrogen and oxygen atoms in total. The van der Waals surface area contributed by atoms with Gasteiger partial charge in [0.25, 0.3) is 0 Å². The summed E-state index contributed by atoms with van der Waals surface area (Å²) in [7, 11) is 1.63. The third kappa shape index (κ3) is 2.48. The molecule has 0 bridgehead atoms. The Morgan fingerprint density at radius 3 is 2.60 bits per heavy atom. The molecule has 0 radical (unpaired) electrons. The standard InChI is InChI=1S/C17H20N2O/c1-12-7-9-16(15-6-4-3-5-14(12)15)19-13-8-10-17(20-2)18-11-13/h3-6,8,10-12,16,19H,7,9H2,1-2H3. The van der Waals surface area contributed by atoms with Crippen LogP contribution in [0.3, 0.4) is 0 Å². The van der Waals surface area contributed by atoms with Crippen LogP contribution in [0, 0.1) is 0 Å². The number of methoxy groups -OCH3 is 1. The summed E-state index contributed by atoms with van der Waals surface area (Å²) in [6.07, 6.45) is 4.21. The lowest BCUT2D eigenvalue weighted by atomic mass is 9.81. The fourth-order valence-electron chi connectivity index (χ4n) is 2.94. The van der Waals surface area contributed by atoms with E-state index in [0.29, 0.717) is 17.8 Å². The van der Waals surface area contributed by atoms with Crippen molar-refractivity contribution in [1.82, 2.24) is 4.98 Å². The molecule has 0 aliphatic heterocycles. The molecule has 1 aromatic carbocycles. The smallest absolute Gasteiger partial charge is 0.213 e. The van der Waals surface area contributed by atoms with Gasteiger partial charge in [0.1, 0.15) is 0 Å². The summed E-state index contributed by atoms with van der Waals surface area (Å²) in [5.41, 5.74) is 3.93. The van der Waals surface area contributed by atoms with Gasteiger partial charge in [-0.3, -0.25) is 0 Å². The maximum absolute atomic E-state index is 5.09. The molecule has 20 heavy (non-hydrogen) atoms. The molecular formula is C17H20N2O. The molecule has 0 amide bonds. The van der Waals surface area contributed by atoms with Crippen molar-refractivity contribution in [3.8, 4) is 5.88 Å². The first-order chi connectivity index (χ1) is 9.78. The first-order valence-electron chi connectivity index (χ1n) is 7.13. The Hall–Kier alpha value is -2.03. The van der Waals surface area contributed by atoms with E-state index in [1.807, 2.05) is 18.3 Å². The number of pyridine rings is 1. The Kier molecular flexibility index (Phi) is 3.59. The number of aromatic nitrogens is 1. The zero-order valence-electron chi connectivity index (χ0n) is 12.0. The van der Waals surface area contributed by atoms with E-state index >= 15 is 0 Å². The maximum atomic E-state index is 5.09. The zero-order valence-corrected chi connectivity index (χ0v) is 12.0. The largest absolute Gasteiger partial charge is 0.481 e. The van der Waals surface area contributed by atoms with Gasteiger partial charge in [-0.2, -0.15) is 0 Å². The average molecular weight is 268 g/mol. The van der Waals surface area contributed by atoms with Crippen LogP contribution in [0.1, 0.15) is 42.9 Å². The van der Waals surface area contributed by atoms with Gasteiger partial charge in [0.05, 0.1) is 25.0 Å². The molecule has 104 valence electrons. The van der Waals surface area contributed by atoms with E-state index in [1.165, 1.54) is 17.5 Å². The number of rotatable bonds is 3. The molecule has 0 saturated heterocycles.